The molecule has 1 atom stereocenters. The van der Waals surface area contributed by atoms with E-state index in [0.717, 1.165) is 23.3 Å². The second-order valence-corrected chi connectivity index (χ2v) is 8.61. The summed E-state index contributed by atoms with van der Waals surface area (Å²) in [6.07, 6.45) is 1.98. The van der Waals surface area contributed by atoms with E-state index < -0.39 is 5.41 Å². The molecule has 2 aromatic carbocycles. The molecule has 1 N–H and O–H groups in total. The monoisotopic (exact) mass is 449 g/mol. The summed E-state index contributed by atoms with van der Waals surface area (Å²) in [5, 5.41) is 4.24. The Labute approximate surface area is 186 Å². The Kier molecular flexibility index (Phi) is 6.42. The van der Waals surface area contributed by atoms with Gasteiger partial charge in [-0.25, -0.2) is 0 Å². The van der Waals surface area contributed by atoms with Crippen molar-refractivity contribution < 1.29 is 19.0 Å². The molecule has 1 amide bonds. The Morgan fingerprint density at radius 1 is 1.00 bits per heavy atom. The number of fused-ring (bicyclic) bond motifs is 1. The van der Waals surface area contributed by atoms with Crippen LogP contribution < -0.4 is 14.8 Å². The van der Waals surface area contributed by atoms with Crippen molar-refractivity contribution in [1.29, 1.82) is 0 Å². The van der Waals surface area contributed by atoms with Crippen LogP contribution in [0.25, 0.3) is 0 Å². The SMILES string of the molecule is CC(NC(=O)C1(c2ccc(Cl)cc2Cl)CCOCC1)c1ccc2c(c1)OCCCO2. The minimum absolute atomic E-state index is 0.0605. The third kappa shape index (κ3) is 4.25. The number of rotatable bonds is 4. The molecule has 0 radical (unpaired) electrons. The highest BCUT2D eigenvalue weighted by Crippen LogP contribution is 2.40. The number of nitrogens with one attached hydrogen (secondary N) is 1. The maximum absolute atomic E-state index is 13.6. The van der Waals surface area contributed by atoms with Gasteiger partial charge >= 0.3 is 0 Å². The molecule has 2 heterocycles. The smallest absolute Gasteiger partial charge is 0.231 e. The van der Waals surface area contributed by atoms with Crippen molar-refractivity contribution in [3.8, 4) is 11.5 Å². The van der Waals surface area contributed by atoms with Crippen molar-refractivity contribution >= 4 is 29.1 Å². The number of carbonyl (C=O) groups excluding carboxylic acids is 1. The van der Waals surface area contributed by atoms with E-state index in [-0.39, 0.29) is 11.9 Å². The summed E-state index contributed by atoms with van der Waals surface area (Å²) in [6, 6.07) is 10.9. The molecule has 2 aliphatic heterocycles. The molecule has 0 bridgehead atoms. The number of hydrogen-bond donors (Lipinski definition) is 1. The molecule has 0 aliphatic carbocycles. The molecule has 7 heteroatoms. The molecule has 2 aliphatic rings. The summed E-state index contributed by atoms with van der Waals surface area (Å²) in [5.74, 6) is 1.39. The summed E-state index contributed by atoms with van der Waals surface area (Å²) in [4.78, 5) is 13.6. The number of benzene rings is 2. The van der Waals surface area contributed by atoms with Crippen molar-refractivity contribution in [3.05, 3.63) is 57.6 Å². The second-order valence-electron chi connectivity index (χ2n) is 7.77. The number of halogens is 2. The van der Waals surface area contributed by atoms with Gasteiger partial charge in [-0.1, -0.05) is 35.3 Å². The maximum Gasteiger partial charge on any atom is 0.231 e. The largest absolute Gasteiger partial charge is 0.490 e. The number of ether oxygens (including phenoxy) is 3. The van der Waals surface area contributed by atoms with E-state index >= 15 is 0 Å². The molecule has 1 fully saturated rings. The van der Waals surface area contributed by atoms with E-state index in [1.54, 1.807) is 12.1 Å². The quantitative estimate of drug-likeness (QED) is 0.706. The first kappa shape index (κ1) is 21.3. The molecule has 30 heavy (non-hydrogen) atoms. The zero-order chi connectivity index (χ0) is 21.1. The van der Waals surface area contributed by atoms with Gasteiger partial charge in [0.2, 0.25) is 5.91 Å². The van der Waals surface area contributed by atoms with Crippen LogP contribution in [0.1, 0.15) is 43.4 Å². The van der Waals surface area contributed by atoms with Gasteiger partial charge < -0.3 is 19.5 Å². The van der Waals surface area contributed by atoms with E-state index in [2.05, 4.69) is 5.32 Å². The van der Waals surface area contributed by atoms with Gasteiger partial charge in [-0.05, 0) is 55.2 Å². The standard InChI is InChI=1S/C23H25Cl2NO4/c1-15(16-3-6-20-21(13-16)30-10-2-9-29-20)26-22(27)23(7-11-28-12-8-23)18-5-4-17(24)14-19(18)25/h3-6,13-15H,2,7-12H2,1H3,(H,26,27). The van der Waals surface area contributed by atoms with E-state index in [1.807, 2.05) is 31.2 Å². The van der Waals surface area contributed by atoms with Crippen LogP contribution in [0.3, 0.4) is 0 Å². The summed E-state index contributed by atoms with van der Waals surface area (Å²) in [6.45, 7) is 4.24. The van der Waals surface area contributed by atoms with Gasteiger partial charge in [-0.3, -0.25) is 4.79 Å². The van der Waals surface area contributed by atoms with Gasteiger partial charge in [0, 0.05) is 29.7 Å². The highest BCUT2D eigenvalue weighted by atomic mass is 35.5. The van der Waals surface area contributed by atoms with Crippen LogP contribution in [-0.2, 0) is 14.9 Å². The van der Waals surface area contributed by atoms with Gasteiger partial charge in [0.15, 0.2) is 11.5 Å². The van der Waals surface area contributed by atoms with E-state index in [0.29, 0.717) is 55.1 Å². The Bertz CT molecular complexity index is 927. The molecule has 5 nitrogen and oxygen atoms in total. The lowest BCUT2D eigenvalue weighted by Crippen LogP contribution is -2.48. The van der Waals surface area contributed by atoms with Gasteiger partial charge in [0.05, 0.1) is 24.7 Å². The van der Waals surface area contributed by atoms with Crippen molar-refractivity contribution in [2.75, 3.05) is 26.4 Å². The van der Waals surface area contributed by atoms with Crippen LogP contribution in [0, 0.1) is 0 Å². The average molecular weight is 450 g/mol. The summed E-state index contributed by atoms with van der Waals surface area (Å²) in [5.41, 5.74) is 0.997. The first-order valence-electron chi connectivity index (χ1n) is 10.2. The van der Waals surface area contributed by atoms with Crippen LogP contribution in [0.5, 0.6) is 11.5 Å². The zero-order valence-electron chi connectivity index (χ0n) is 16.9. The first-order chi connectivity index (χ1) is 14.5. The van der Waals surface area contributed by atoms with Gasteiger partial charge in [0.25, 0.3) is 0 Å². The topological polar surface area (TPSA) is 56.8 Å². The van der Waals surface area contributed by atoms with Crippen molar-refractivity contribution in [2.45, 2.75) is 37.6 Å². The lowest BCUT2D eigenvalue weighted by atomic mass is 9.73. The number of hydrogen-bond acceptors (Lipinski definition) is 4. The predicted octanol–water partition coefficient (Wildman–Crippen LogP) is 5.08. The fraction of sp³-hybridized carbons (Fsp3) is 0.435. The second kappa shape index (κ2) is 9.04. The van der Waals surface area contributed by atoms with Gasteiger partial charge in [-0.2, -0.15) is 0 Å². The highest BCUT2D eigenvalue weighted by molar-refractivity contribution is 6.35. The molecule has 4 rings (SSSR count). The molecule has 0 saturated carbocycles. The molecule has 1 unspecified atom stereocenters. The van der Waals surface area contributed by atoms with Gasteiger partial charge in [0.1, 0.15) is 0 Å². The molecule has 0 spiro atoms. The normalized spacial score (nSPS) is 18.9. The Morgan fingerprint density at radius 3 is 2.47 bits per heavy atom. The molecular formula is C23H25Cl2NO4. The van der Waals surface area contributed by atoms with Crippen LogP contribution in [0.4, 0.5) is 0 Å². The number of amides is 1. The highest BCUT2D eigenvalue weighted by Gasteiger charge is 2.43. The molecule has 2 aromatic rings. The fourth-order valence-corrected chi connectivity index (χ4v) is 4.67. The fourth-order valence-electron chi connectivity index (χ4n) is 4.08. The Morgan fingerprint density at radius 2 is 1.73 bits per heavy atom. The van der Waals surface area contributed by atoms with E-state index in [4.69, 9.17) is 37.4 Å². The van der Waals surface area contributed by atoms with Crippen molar-refractivity contribution in [2.24, 2.45) is 0 Å². The predicted molar refractivity (Wildman–Crippen MR) is 117 cm³/mol. The summed E-state index contributed by atoms with van der Waals surface area (Å²) in [7, 11) is 0. The zero-order valence-corrected chi connectivity index (χ0v) is 18.4. The van der Waals surface area contributed by atoms with Crippen molar-refractivity contribution in [1.82, 2.24) is 5.32 Å². The third-order valence-corrected chi connectivity index (χ3v) is 6.39. The summed E-state index contributed by atoms with van der Waals surface area (Å²) >= 11 is 12.6. The van der Waals surface area contributed by atoms with Crippen LogP contribution in [-0.4, -0.2) is 32.3 Å². The molecular weight excluding hydrogens is 425 g/mol. The van der Waals surface area contributed by atoms with E-state index in [1.165, 1.54) is 0 Å². The molecule has 160 valence electrons. The first-order valence-corrected chi connectivity index (χ1v) is 11.0. The van der Waals surface area contributed by atoms with E-state index in [9.17, 15) is 4.79 Å². The maximum atomic E-state index is 13.6. The number of carbonyl (C=O) groups is 1. The van der Waals surface area contributed by atoms with Crippen LogP contribution in [0.15, 0.2) is 36.4 Å². The Hall–Kier alpha value is -1.95. The average Bonchev–Trinajstić information content (AvgIpc) is 2.99. The van der Waals surface area contributed by atoms with Gasteiger partial charge in [-0.15, -0.1) is 0 Å². The van der Waals surface area contributed by atoms with Crippen LogP contribution >= 0.6 is 23.2 Å². The summed E-state index contributed by atoms with van der Waals surface area (Å²) < 4.78 is 17.0. The minimum atomic E-state index is -0.751. The third-order valence-electron chi connectivity index (χ3n) is 5.85. The molecule has 1 saturated heterocycles. The van der Waals surface area contributed by atoms with Crippen molar-refractivity contribution in [3.63, 3.8) is 0 Å². The van der Waals surface area contributed by atoms with Crippen LogP contribution in [0.2, 0.25) is 10.0 Å². The lowest BCUT2D eigenvalue weighted by molar-refractivity contribution is -0.131. The minimum Gasteiger partial charge on any atom is -0.490 e. The molecule has 0 aromatic heterocycles. The Balaban J connectivity index is 1.59. The lowest BCUT2D eigenvalue weighted by Gasteiger charge is -2.37.